The lowest BCUT2D eigenvalue weighted by Gasteiger charge is -2.26. The number of carbonyl (C=O) groups is 3. The number of barbiturate groups is 1. The van der Waals surface area contributed by atoms with Crippen LogP contribution in [-0.2, 0) is 16.2 Å². The number of nitrogens with zero attached hydrogens (tertiary/aromatic N) is 1. The van der Waals surface area contributed by atoms with Gasteiger partial charge in [0.15, 0.2) is 0 Å². The van der Waals surface area contributed by atoms with Crippen molar-refractivity contribution in [3.8, 4) is 5.75 Å². The van der Waals surface area contributed by atoms with Gasteiger partial charge in [0.25, 0.3) is 11.8 Å². The smallest absolute Gasteiger partial charge is 0.335 e. The van der Waals surface area contributed by atoms with Crippen LogP contribution < -0.4 is 15.0 Å². The standard InChI is InChI=1S/C25H17Cl3N2O4/c1-14-5-7-19(12-21(14)28)30-24(32)20(23(31)29-25(30)33)11-16-10-18(27)6-8-22(16)34-13-15-3-2-4-17(26)9-15/h2-12H,13H2,1H3,(H,29,31,33)/b20-11+. The third kappa shape index (κ3) is 5.09. The molecule has 0 radical (unpaired) electrons. The highest BCUT2D eigenvalue weighted by Gasteiger charge is 2.37. The van der Waals surface area contributed by atoms with E-state index in [1.54, 1.807) is 55.5 Å². The summed E-state index contributed by atoms with van der Waals surface area (Å²) in [6.45, 7) is 1.99. The molecule has 4 amide bonds. The number of amides is 4. The minimum Gasteiger partial charge on any atom is -0.488 e. The number of rotatable bonds is 5. The van der Waals surface area contributed by atoms with E-state index in [-0.39, 0.29) is 17.9 Å². The fourth-order valence-corrected chi connectivity index (χ4v) is 3.89. The van der Waals surface area contributed by atoms with Crippen LogP contribution in [0.25, 0.3) is 6.08 Å². The summed E-state index contributed by atoms with van der Waals surface area (Å²) in [4.78, 5) is 39.1. The molecule has 3 aromatic rings. The minimum atomic E-state index is -0.865. The van der Waals surface area contributed by atoms with E-state index in [0.29, 0.717) is 26.4 Å². The van der Waals surface area contributed by atoms with E-state index in [9.17, 15) is 14.4 Å². The first-order chi connectivity index (χ1) is 16.2. The van der Waals surface area contributed by atoms with Gasteiger partial charge in [-0.1, -0.05) is 53.0 Å². The first-order valence-corrected chi connectivity index (χ1v) is 11.2. The van der Waals surface area contributed by atoms with Crippen LogP contribution in [-0.4, -0.2) is 17.8 Å². The number of nitrogens with one attached hydrogen (secondary N) is 1. The van der Waals surface area contributed by atoms with Crippen LogP contribution in [0.15, 0.2) is 66.2 Å². The van der Waals surface area contributed by atoms with Crippen molar-refractivity contribution in [3.05, 3.63) is 98.0 Å². The van der Waals surface area contributed by atoms with Crippen LogP contribution in [0.3, 0.4) is 0 Å². The third-order valence-corrected chi connectivity index (χ3v) is 5.95. The molecule has 172 valence electrons. The number of halogens is 3. The monoisotopic (exact) mass is 514 g/mol. The Bertz CT molecular complexity index is 1350. The first kappa shape index (κ1) is 23.8. The van der Waals surface area contributed by atoms with Crippen LogP contribution in [0.2, 0.25) is 15.1 Å². The van der Waals surface area contributed by atoms with Gasteiger partial charge in [0.05, 0.1) is 5.69 Å². The quantitative estimate of drug-likeness (QED) is 0.324. The molecule has 0 aliphatic carbocycles. The van der Waals surface area contributed by atoms with Gasteiger partial charge in [-0.15, -0.1) is 0 Å². The number of hydrogen-bond acceptors (Lipinski definition) is 4. The first-order valence-electron chi connectivity index (χ1n) is 10.1. The largest absolute Gasteiger partial charge is 0.488 e. The van der Waals surface area contributed by atoms with Gasteiger partial charge in [-0.05, 0) is 66.6 Å². The zero-order chi connectivity index (χ0) is 24.4. The third-order valence-electron chi connectivity index (χ3n) is 5.07. The lowest BCUT2D eigenvalue weighted by Crippen LogP contribution is -2.54. The maximum Gasteiger partial charge on any atom is 0.335 e. The maximum absolute atomic E-state index is 13.2. The molecule has 4 rings (SSSR count). The van der Waals surface area contributed by atoms with Crippen molar-refractivity contribution in [1.82, 2.24) is 5.32 Å². The summed E-state index contributed by atoms with van der Waals surface area (Å²) in [5.41, 5.74) is 1.98. The Morgan fingerprint density at radius 1 is 0.941 bits per heavy atom. The summed E-state index contributed by atoms with van der Waals surface area (Å²) in [5.74, 6) is -1.24. The molecule has 1 fully saturated rings. The topological polar surface area (TPSA) is 75.7 Å². The second kappa shape index (κ2) is 9.89. The number of aryl methyl sites for hydroxylation is 1. The highest BCUT2D eigenvalue weighted by molar-refractivity contribution is 6.39. The van der Waals surface area contributed by atoms with Gasteiger partial charge in [-0.2, -0.15) is 0 Å². The number of ether oxygens (including phenoxy) is 1. The molecular weight excluding hydrogens is 499 g/mol. The fraction of sp³-hybridized carbons (Fsp3) is 0.0800. The summed E-state index contributed by atoms with van der Waals surface area (Å²) in [6, 6.07) is 15.9. The summed E-state index contributed by atoms with van der Waals surface area (Å²) < 4.78 is 5.90. The van der Waals surface area contributed by atoms with Crippen LogP contribution in [0.5, 0.6) is 5.75 Å². The molecule has 3 aromatic carbocycles. The average Bonchev–Trinajstić information content (AvgIpc) is 2.78. The molecule has 1 saturated heterocycles. The highest BCUT2D eigenvalue weighted by atomic mass is 35.5. The fourth-order valence-electron chi connectivity index (χ4n) is 3.32. The van der Waals surface area contributed by atoms with Crippen molar-refractivity contribution in [3.63, 3.8) is 0 Å². The average molecular weight is 516 g/mol. The summed E-state index contributed by atoms with van der Waals surface area (Å²) in [7, 11) is 0. The van der Waals surface area contributed by atoms with E-state index in [2.05, 4.69) is 5.32 Å². The summed E-state index contributed by atoms with van der Waals surface area (Å²) in [6.07, 6.45) is 1.34. The normalized spacial score (nSPS) is 15.0. The predicted octanol–water partition coefficient (Wildman–Crippen LogP) is 6.20. The SMILES string of the molecule is Cc1ccc(N2C(=O)NC(=O)/C(=C\c3cc(Cl)ccc3OCc3cccc(Cl)c3)C2=O)cc1Cl. The molecular formula is C25H17Cl3N2O4. The van der Waals surface area contributed by atoms with E-state index in [1.807, 2.05) is 6.07 Å². The Labute approximate surface area is 210 Å². The minimum absolute atomic E-state index is 0.199. The van der Waals surface area contributed by atoms with E-state index < -0.39 is 17.8 Å². The van der Waals surface area contributed by atoms with Crippen molar-refractivity contribution >= 4 is 64.4 Å². The molecule has 1 heterocycles. The van der Waals surface area contributed by atoms with Gasteiger partial charge in [0, 0.05) is 20.6 Å². The second-order valence-electron chi connectivity index (χ2n) is 7.49. The van der Waals surface area contributed by atoms with Crippen molar-refractivity contribution in [2.45, 2.75) is 13.5 Å². The zero-order valence-corrected chi connectivity index (χ0v) is 20.0. The molecule has 0 bridgehead atoms. The van der Waals surface area contributed by atoms with Gasteiger partial charge in [-0.25, -0.2) is 9.69 Å². The zero-order valence-electron chi connectivity index (χ0n) is 17.8. The molecule has 1 aliphatic rings. The van der Waals surface area contributed by atoms with Crippen LogP contribution in [0.4, 0.5) is 10.5 Å². The summed E-state index contributed by atoms with van der Waals surface area (Å²) in [5, 5.41) is 3.52. The maximum atomic E-state index is 13.2. The molecule has 0 spiro atoms. The Balaban J connectivity index is 1.68. The second-order valence-corrected chi connectivity index (χ2v) is 8.77. The van der Waals surface area contributed by atoms with E-state index in [1.165, 1.54) is 12.1 Å². The van der Waals surface area contributed by atoms with Gasteiger partial charge >= 0.3 is 6.03 Å². The lowest BCUT2D eigenvalue weighted by atomic mass is 10.1. The molecule has 0 atom stereocenters. The Morgan fingerprint density at radius 2 is 1.71 bits per heavy atom. The van der Waals surface area contributed by atoms with Crippen LogP contribution in [0, 0.1) is 6.92 Å². The number of anilines is 1. The van der Waals surface area contributed by atoms with Crippen LogP contribution in [0.1, 0.15) is 16.7 Å². The molecule has 0 saturated carbocycles. The van der Waals surface area contributed by atoms with E-state index in [4.69, 9.17) is 39.5 Å². The van der Waals surface area contributed by atoms with Crippen LogP contribution >= 0.6 is 34.8 Å². The molecule has 0 unspecified atom stereocenters. The van der Waals surface area contributed by atoms with Crippen molar-refractivity contribution in [2.75, 3.05) is 4.90 Å². The number of benzene rings is 3. The Kier molecular flexibility index (Phi) is 6.93. The van der Waals surface area contributed by atoms with Crippen molar-refractivity contribution in [2.24, 2.45) is 0 Å². The number of urea groups is 1. The van der Waals surface area contributed by atoms with Crippen molar-refractivity contribution < 1.29 is 19.1 Å². The molecule has 9 heteroatoms. The number of imide groups is 2. The summed E-state index contributed by atoms with van der Waals surface area (Å²) >= 11 is 18.4. The highest BCUT2D eigenvalue weighted by Crippen LogP contribution is 2.30. The molecule has 6 nitrogen and oxygen atoms in total. The molecule has 1 aliphatic heterocycles. The van der Waals surface area contributed by atoms with Crippen molar-refractivity contribution in [1.29, 1.82) is 0 Å². The Hall–Kier alpha value is -3.32. The number of carbonyl (C=O) groups excluding carboxylic acids is 3. The van der Waals surface area contributed by atoms with E-state index >= 15 is 0 Å². The molecule has 1 N–H and O–H groups in total. The van der Waals surface area contributed by atoms with Gasteiger partial charge in [0.1, 0.15) is 17.9 Å². The predicted molar refractivity (Wildman–Crippen MR) is 132 cm³/mol. The van der Waals surface area contributed by atoms with Gasteiger partial charge in [0.2, 0.25) is 0 Å². The molecule has 34 heavy (non-hydrogen) atoms. The van der Waals surface area contributed by atoms with Gasteiger partial charge in [-0.3, -0.25) is 14.9 Å². The van der Waals surface area contributed by atoms with E-state index in [0.717, 1.165) is 16.0 Å². The van der Waals surface area contributed by atoms with Gasteiger partial charge < -0.3 is 4.74 Å². The number of hydrogen-bond donors (Lipinski definition) is 1. The Morgan fingerprint density at radius 3 is 2.44 bits per heavy atom. The molecule has 0 aromatic heterocycles. The lowest BCUT2D eigenvalue weighted by molar-refractivity contribution is -0.122.